The molecule has 0 aromatic heterocycles. The van der Waals surface area contributed by atoms with E-state index in [0.29, 0.717) is 0 Å². The van der Waals surface area contributed by atoms with Crippen molar-refractivity contribution in [1.29, 1.82) is 0 Å². The lowest BCUT2D eigenvalue weighted by molar-refractivity contribution is 0.0286. The Balaban J connectivity index is 1.80. The van der Waals surface area contributed by atoms with Crippen LogP contribution in [0.5, 0.6) is 0 Å². The van der Waals surface area contributed by atoms with Gasteiger partial charge in [-0.25, -0.2) is 0 Å². The van der Waals surface area contributed by atoms with Crippen molar-refractivity contribution < 1.29 is 4.74 Å². The zero-order valence-electron chi connectivity index (χ0n) is 14.0. The van der Waals surface area contributed by atoms with Gasteiger partial charge in [0.2, 0.25) is 0 Å². The molecule has 1 aliphatic rings. The van der Waals surface area contributed by atoms with E-state index in [1.54, 1.807) is 0 Å². The van der Waals surface area contributed by atoms with E-state index in [-0.39, 0.29) is 5.54 Å². The highest BCUT2D eigenvalue weighted by molar-refractivity contribution is 4.85. The van der Waals surface area contributed by atoms with Crippen LogP contribution in [0.4, 0.5) is 0 Å². The van der Waals surface area contributed by atoms with Gasteiger partial charge < -0.3 is 10.1 Å². The van der Waals surface area contributed by atoms with Crippen molar-refractivity contribution in [3.05, 3.63) is 0 Å². The van der Waals surface area contributed by atoms with E-state index in [0.717, 1.165) is 19.8 Å². The molecule has 1 rings (SSSR count). The van der Waals surface area contributed by atoms with E-state index in [9.17, 15) is 0 Å². The molecule has 1 saturated heterocycles. The fourth-order valence-corrected chi connectivity index (χ4v) is 3.08. The molecule has 20 heavy (non-hydrogen) atoms. The van der Waals surface area contributed by atoms with Gasteiger partial charge in [-0.15, -0.1) is 0 Å². The minimum Gasteiger partial charge on any atom is -0.380 e. The summed E-state index contributed by atoms with van der Waals surface area (Å²) >= 11 is 0. The highest BCUT2D eigenvalue weighted by atomic mass is 16.5. The number of unbranched alkanes of at least 4 members (excludes halogenated alkanes) is 9. The maximum atomic E-state index is 5.57. The predicted octanol–water partition coefficient (Wildman–Crippen LogP) is 5.07. The van der Waals surface area contributed by atoms with Crippen LogP contribution in [-0.2, 0) is 4.74 Å². The van der Waals surface area contributed by atoms with Crippen LogP contribution >= 0.6 is 0 Å². The van der Waals surface area contributed by atoms with Crippen molar-refractivity contribution >= 4 is 0 Å². The standard InChI is InChI=1S/C18H37NO/c1-3-4-5-6-7-8-9-10-11-12-15-19-18(2)14-13-16-20-17-18/h19H,3-17H2,1-2H3. The van der Waals surface area contributed by atoms with Crippen LogP contribution in [-0.4, -0.2) is 25.3 Å². The molecule has 0 aromatic rings. The van der Waals surface area contributed by atoms with Gasteiger partial charge in [0, 0.05) is 12.1 Å². The molecule has 0 spiro atoms. The van der Waals surface area contributed by atoms with Gasteiger partial charge in [0.25, 0.3) is 0 Å². The van der Waals surface area contributed by atoms with Gasteiger partial charge in [-0.1, -0.05) is 64.7 Å². The molecule has 1 unspecified atom stereocenters. The second-order valence-electron chi connectivity index (χ2n) is 6.83. The Morgan fingerprint density at radius 3 is 2.05 bits per heavy atom. The van der Waals surface area contributed by atoms with Gasteiger partial charge in [0.05, 0.1) is 6.61 Å². The summed E-state index contributed by atoms with van der Waals surface area (Å²) in [5.74, 6) is 0. The second-order valence-corrected chi connectivity index (χ2v) is 6.83. The molecule has 0 aromatic carbocycles. The third-order valence-electron chi connectivity index (χ3n) is 4.52. The summed E-state index contributed by atoms with van der Waals surface area (Å²) in [5.41, 5.74) is 0.248. The van der Waals surface area contributed by atoms with Gasteiger partial charge in [0.15, 0.2) is 0 Å². The van der Waals surface area contributed by atoms with Gasteiger partial charge >= 0.3 is 0 Å². The Morgan fingerprint density at radius 1 is 0.900 bits per heavy atom. The van der Waals surface area contributed by atoms with E-state index in [2.05, 4.69) is 19.2 Å². The van der Waals surface area contributed by atoms with Crippen molar-refractivity contribution in [2.75, 3.05) is 19.8 Å². The summed E-state index contributed by atoms with van der Waals surface area (Å²) in [7, 11) is 0. The molecule has 0 bridgehead atoms. The van der Waals surface area contributed by atoms with E-state index in [1.165, 1.54) is 77.0 Å². The molecule has 0 saturated carbocycles. The Bertz CT molecular complexity index is 211. The molecule has 0 amide bonds. The quantitative estimate of drug-likeness (QED) is 0.505. The van der Waals surface area contributed by atoms with Gasteiger partial charge in [-0.05, 0) is 32.7 Å². The lowest BCUT2D eigenvalue weighted by Gasteiger charge is -2.34. The molecule has 2 heteroatoms. The molecule has 1 heterocycles. The molecule has 120 valence electrons. The first-order valence-electron chi connectivity index (χ1n) is 9.10. The smallest absolute Gasteiger partial charge is 0.0645 e. The van der Waals surface area contributed by atoms with Crippen LogP contribution < -0.4 is 5.32 Å². The van der Waals surface area contributed by atoms with Crippen molar-refractivity contribution in [2.45, 2.75) is 96.4 Å². The van der Waals surface area contributed by atoms with Gasteiger partial charge in [-0.3, -0.25) is 0 Å². The van der Waals surface area contributed by atoms with Crippen LogP contribution in [0.3, 0.4) is 0 Å². The Morgan fingerprint density at radius 2 is 1.50 bits per heavy atom. The SMILES string of the molecule is CCCCCCCCCCCCNC1(C)CCCOC1. The van der Waals surface area contributed by atoms with Crippen LogP contribution in [0.2, 0.25) is 0 Å². The van der Waals surface area contributed by atoms with Gasteiger partial charge in [-0.2, -0.15) is 0 Å². The van der Waals surface area contributed by atoms with E-state index >= 15 is 0 Å². The van der Waals surface area contributed by atoms with Crippen molar-refractivity contribution in [1.82, 2.24) is 5.32 Å². The number of ether oxygens (including phenoxy) is 1. The fraction of sp³-hybridized carbons (Fsp3) is 1.00. The molecule has 1 atom stereocenters. The second kappa shape index (κ2) is 11.6. The van der Waals surface area contributed by atoms with E-state index in [4.69, 9.17) is 4.74 Å². The van der Waals surface area contributed by atoms with Gasteiger partial charge in [0.1, 0.15) is 0 Å². The van der Waals surface area contributed by atoms with Crippen LogP contribution in [0, 0.1) is 0 Å². The summed E-state index contributed by atoms with van der Waals surface area (Å²) in [4.78, 5) is 0. The Kier molecular flexibility index (Phi) is 10.4. The first-order chi connectivity index (χ1) is 9.77. The summed E-state index contributed by atoms with van der Waals surface area (Å²) in [6.45, 7) is 7.60. The zero-order chi connectivity index (χ0) is 14.5. The maximum absolute atomic E-state index is 5.57. The fourth-order valence-electron chi connectivity index (χ4n) is 3.08. The molecule has 0 aliphatic carbocycles. The first kappa shape index (κ1) is 18.0. The average Bonchev–Trinajstić information content (AvgIpc) is 2.45. The Labute approximate surface area is 127 Å². The third-order valence-corrected chi connectivity index (χ3v) is 4.52. The van der Waals surface area contributed by atoms with E-state index < -0.39 is 0 Å². The third kappa shape index (κ3) is 8.97. The van der Waals surface area contributed by atoms with Crippen LogP contribution in [0.15, 0.2) is 0 Å². The molecular formula is C18H37NO. The van der Waals surface area contributed by atoms with Crippen molar-refractivity contribution in [2.24, 2.45) is 0 Å². The zero-order valence-corrected chi connectivity index (χ0v) is 14.0. The number of rotatable bonds is 12. The first-order valence-corrected chi connectivity index (χ1v) is 9.10. The molecule has 2 nitrogen and oxygen atoms in total. The van der Waals surface area contributed by atoms with Crippen molar-refractivity contribution in [3.8, 4) is 0 Å². The topological polar surface area (TPSA) is 21.3 Å². The number of hydrogen-bond donors (Lipinski definition) is 1. The predicted molar refractivity (Wildman–Crippen MR) is 88.3 cm³/mol. The minimum absolute atomic E-state index is 0.248. The summed E-state index contributed by atoms with van der Waals surface area (Å²) in [6.07, 6.45) is 16.6. The maximum Gasteiger partial charge on any atom is 0.0645 e. The molecule has 1 aliphatic heterocycles. The molecule has 1 fully saturated rings. The summed E-state index contributed by atoms with van der Waals surface area (Å²) in [5, 5.41) is 3.70. The molecule has 1 N–H and O–H groups in total. The molecule has 0 radical (unpaired) electrons. The Hall–Kier alpha value is -0.0800. The average molecular weight is 284 g/mol. The summed E-state index contributed by atoms with van der Waals surface area (Å²) in [6, 6.07) is 0. The van der Waals surface area contributed by atoms with E-state index in [1.807, 2.05) is 0 Å². The van der Waals surface area contributed by atoms with Crippen LogP contribution in [0.1, 0.15) is 90.9 Å². The normalized spacial score (nSPS) is 23.1. The van der Waals surface area contributed by atoms with Crippen molar-refractivity contribution in [3.63, 3.8) is 0 Å². The highest BCUT2D eigenvalue weighted by Gasteiger charge is 2.26. The monoisotopic (exact) mass is 283 g/mol. The summed E-state index contributed by atoms with van der Waals surface area (Å²) < 4.78 is 5.57. The lowest BCUT2D eigenvalue weighted by atomic mass is 9.95. The molecular weight excluding hydrogens is 246 g/mol. The highest BCUT2D eigenvalue weighted by Crippen LogP contribution is 2.18. The lowest BCUT2D eigenvalue weighted by Crippen LogP contribution is -2.49. The largest absolute Gasteiger partial charge is 0.380 e. The number of hydrogen-bond acceptors (Lipinski definition) is 2. The minimum atomic E-state index is 0.248. The number of nitrogens with one attached hydrogen (secondary N) is 1. The van der Waals surface area contributed by atoms with Crippen LogP contribution in [0.25, 0.3) is 0 Å².